The van der Waals surface area contributed by atoms with Crippen LogP contribution in [0.2, 0.25) is 0 Å². The predicted octanol–water partition coefficient (Wildman–Crippen LogP) is -1.86. The molecule has 0 aromatic carbocycles. The van der Waals surface area contributed by atoms with Gasteiger partial charge < -0.3 is 15.6 Å². The minimum atomic E-state index is -0.794. The van der Waals surface area contributed by atoms with Crippen molar-refractivity contribution in [2.75, 3.05) is 6.54 Å². The van der Waals surface area contributed by atoms with E-state index in [-0.39, 0.29) is 12.6 Å². The molecule has 88 valence electrons. The number of H-pyrrole nitrogens is 1. The fourth-order valence-corrected chi connectivity index (χ4v) is 1.76. The SMILES string of the molecule is NC[C@@H]1C[C@@H](O)[C@H](n2ccc(=O)[nH]c2=O)O1. The first kappa shape index (κ1) is 11.1. The maximum absolute atomic E-state index is 11.5. The minimum absolute atomic E-state index is 0.265. The first-order valence-electron chi connectivity index (χ1n) is 4.97. The number of aromatic nitrogens is 2. The first-order valence-corrected chi connectivity index (χ1v) is 4.97. The Morgan fingerprint density at radius 1 is 1.62 bits per heavy atom. The van der Waals surface area contributed by atoms with E-state index in [1.54, 1.807) is 0 Å². The Balaban J connectivity index is 2.31. The number of ether oxygens (including phenoxy) is 1. The number of nitrogens with zero attached hydrogens (tertiary/aromatic N) is 1. The second-order valence-electron chi connectivity index (χ2n) is 3.70. The van der Waals surface area contributed by atoms with Crippen LogP contribution in [0.4, 0.5) is 0 Å². The van der Waals surface area contributed by atoms with Gasteiger partial charge in [-0.25, -0.2) is 4.79 Å². The molecule has 1 aromatic rings. The number of nitrogens with two attached hydrogens (primary N) is 1. The van der Waals surface area contributed by atoms with E-state index in [2.05, 4.69) is 4.98 Å². The average molecular weight is 227 g/mol. The molecule has 16 heavy (non-hydrogen) atoms. The lowest BCUT2D eigenvalue weighted by Gasteiger charge is -2.16. The fourth-order valence-electron chi connectivity index (χ4n) is 1.76. The smallest absolute Gasteiger partial charge is 0.330 e. The topological polar surface area (TPSA) is 110 Å². The van der Waals surface area contributed by atoms with E-state index in [1.807, 2.05) is 0 Å². The lowest BCUT2D eigenvalue weighted by molar-refractivity contribution is -0.0372. The van der Waals surface area contributed by atoms with Gasteiger partial charge in [0, 0.05) is 25.2 Å². The van der Waals surface area contributed by atoms with E-state index in [9.17, 15) is 14.7 Å². The molecule has 0 saturated carbocycles. The highest BCUT2D eigenvalue weighted by Crippen LogP contribution is 2.26. The number of aliphatic hydroxyl groups is 1. The molecule has 0 spiro atoms. The predicted molar refractivity (Wildman–Crippen MR) is 54.9 cm³/mol. The third kappa shape index (κ3) is 1.92. The molecule has 0 amide bonds. The Hall–Kier alpha value is -1.44. The molecule has 1 saturated heterocycles. The number of aliphatic hydroxyl groups excluding tert-OH is 1. The molecule has 1 aliphatic rings. The van der Waals surface area contributed by atoms with Crippen LogP contribution in [-0.2, 0) is 4.74 Å². The molecule has 3 atom stereocenters. The lowest BCUT2D eigenvalue weighted by atomic mass is 10.2. The van der Waals surface area contributed by atoms with Gasteiger partial charge >= 0.3 is 5.69 Å². The summed E-state index contributed by atoms with van der Waals surface area (Å²) in [5.74, 6) is 0. The zero-order chi connectivity index (χ0) is 11.7. The lowest BCUT2D eigenvalue weighted by Crippen LogP contribution is -2.35. The molecule has 7 nitrogen and oxygen atoms in total. The second kappa shape index (κ2) is 4.20. The van der Waals surface area contributed by atoms with E-state index >= 15 is 0 Å². The minimum Gasteiger partial charge on any atom is -0.388 e. The second-order valence-corrected chi connectivity index (χ2v) is 3.70. The van der Waals surface area contributed by atoms with Gasteiger partial charge in [-0.2, -0.15) is 0 Å². The molecule has 7 heteroatoms. The molecule has 2 heterocycles. The van der Waals surface area contributed by atoms with Crippen LogP contribution in [0.25, 0.3) is 0 Å². The van der Waals surface area contributed by atoms with Gasteiger partial charge in [-0.1, -0.05) is 0 Å². The molecule has 0 unspecified atom stereocenters. The Kier molecular flexibility index (Phi) is 2.90. The summed E-state index contributed by atoms with van der Waals surface area (Å²) in [6.45, 7) is 0.283. The Bertz CT molecular complexity index is 480. The van der Waals surface area contributed by atoms with Crippen LogP contribution < -0.4 is 17.0 Å². The summed E-state index contributed by atoms with van der Waals surface area (Å²) in [7, 11) is 0. The van der Waals surface area contributed by atoms with E-state index in [0.717, 1.165) is 4.57 Å². The summed E-state index contributed by atoms with van der Waals surface area (Å²) in [4.78, 5) is 24.4. The van der Waals surface area contributed by atoms with E-state index < -0.39 is 23.6 Å². The quantitative estimate of drug-likeness (QED) is 0.549. The average Bonchev–Trinajstić information content (AvgIpc) is 2.60. The van der Waals surface area contributed by atoms with Crippen LogP contribution in [0.1, 0.15) is 12.6 Å². The van der Waals surface area contributed by atoms with Crippen molar-refractivity contribution in [1.29, 1.82) is 0 Å². The van der Waals surface area contributed by atoms with Crippen molar-refractivity contribution in [3.05, 3.63) is 33.1 Å². The molecule has 1 aromatic heterocycles. The zero-order valence-corrected chi connectivity index (χ0v) is 8.50. The molecule has 2 rings (SSSR count). The van der Waals surface area contributed by atoms with Crippen LogP contribution in [0.3, 0.4) is 0 Å². The van der Waals surface area contributed by atoms with Crippen LogP contribution >= 0.6 is 0 Å². The first-order chi connectivity index (χ1) is 7.61. The number of rotatable bonds is 2. The van der Waals surface area contributed by atoms with E-state index in [4.69, 9.17) is 10.5 Å². The van der Waals surface area contributed by atoms with E-state index in [1.165, 1.54) is 12.3 Å². The van der Waals surface area contributed by atoms with Crippen molar-refractivity contribution in [2.45, 2.75) is 24.9 Å². The Morgan fingerprint density at radius 2 is 2.38 bits per heavy atom. The summed E-state index contributed by atoms with van der Waals surface area (Å²) in [6, 6.07) is 1.20. The standard InChI is InChI=1S/C9H13N3O4/c10-4-5-3-6(13)8(16-5)12-2-1-7(14)11-9(12)15/h1-2,5-6,8,13H,3-4,10H2,(H,11,14,15)/t5-,6+,8+/m0/s1. The maximum atomic E-state index is 11.5. The van der Waals surface area contributed by atoms with Crippen LogP contribution in [0, 0.1) is 0 Å². The zero-order valence-electron chi connectivity index (χ0n) is 8.50. The van der Waals surface area contributed by atoms with Crippen molar-refractivity contribution in [1.82, 2.24) is 9.55 Å². The molecule has 0 radical (unpaired) electrons. The van der Waals surface area contributed by atoms with Crippen molar-refractivity contribution >= 4 is 0 Å². The number of nitrogens with one attached hydrogen (secondary N) is 1. The van der Waals surface area contributed by atoms with Crippen molar-refractivity contribution in [2.24, 2.45) is 5.73 Å². The van der Waals surface area contributed by atoms with Gasteiger partial charge in [0.15, 0.2) is 6.23 Å². The largest absolute Gasteiger partial charge is 0.388 e. The maximum Gasteiger partial charge on any atom is 0.330 e. The highest BCUT2D eigenvalue weighted by Gasteiger charge is 2.34. The summed E-state index contributed by atoms with van der Waals surface area (Å²) in [6.07, 6.45) is -0.158. The van der Waals surface area contributed by atoms with E-state index in [0.29, 0.717) is 6.42 Å². The van der Waals surface area contributed by atoms with Gasteiger partial charge in [0.05, 0.1) is 6.10 Å². The van der Waals surface area contributed by atoms with Gasteiger partial charge in [0.25, 0.3) is 5.56 Å². The molecular weight excluding hydrogens is 214 g/mol. The summed E-state index contributed by atoms with van der Waals surface area (Å²) < 4.78 is 6.55. The highest BCUT2D eigenvalue weighted by atomic mass is 16.5. The number of hydrogen-bond acceptors (Lipinski definition) is 5. The number of hydrogen-bond donors (Lipinski definition) is 3. The monoisotopic (exact) mass is 227 g/mol. The highest BCUT2D eigenvalue weighted by molar-refractivity contribution is 4.88. The van der Waals surface area contributed by atoms with Gasteiger partial charge in [-0.3, -0.25) is 14.3 Å². The Morgan fingerprint density at radius 3 is 2.94 bits per heavy atom. The fraction of sp³-hybridized carbons (Fsp3) is 0.556. The van der Waals surface area contributed by atoms with Crippen molar-refractivity contribution in [3.8, 4) is 0 Å². The molecular formula is C9H13N3O4. The normalized spacial score (nSPS) is 29.5. The molecule has 0 aliphatic carbocycles. The number of aromatic amines is 1. The van der Waals surface area contributed by atoms with Gasteiger partial charge in [0.1, 0.15) is 6.10 Å². The Labute approximate surface area is 90.5 Å². The molecule has 4 N–H and O–H groups in total. The van der Waals surface area contributed by atoms with Gasteiger partial charge in [0.2, 0.25) is 0 Å². The van der Waals surface area contributed by atoms with Gasteiger partial charge in [-0.15, -0.1) is 0 Å². The van der Waals surface area contributed by atoms with Crippen LogP contribution in [-0.4, -0.2) is 33.4 Å². The van der Waals surface area contributed by atoms with Crippen LogP contribution in [0.5, 0.6) is 0 Å². The summed E-state index contributed by atoms with van der Waals surface area (Å²) in [5, 5.41) is 9.71. The summed E-state index contributed by atoms with van der Waals surface area (Å²) in [5.41, 5.74) is 4.33. The molecule has 1 fully saturated rings. The molecule has 1 aliphatic heterocycles. The van der Waals surface area contributed by atoms with Crippen LogP contribution in [0.15, 0.2) is 21.9 Å². The third-order valence-electron chi connectivity index (χ3n) is 2.55. The van der Waals surface area contributed by atoms with Gasteiger partial charge in [-0.05, 0) is 0 Å². The third-order valence-corrected chi connectivity index (χ3v) is 2.55. The summed E-state index contributed by atoms with van der Waals surface area (Å²) >= 11 is 0. The molecule has 0 bridgehead atoms. The van der Waals surface area contributed by atoms with Crippen molar-refractivity contribution in [3.63, 3.8) is 0 Å². The van der Waals surface area contributed by atoms with Crippen molar-refractivity contribution < 1.29 is 9.84 Å².